The van der Waals surface area contributed by atoms with Crippen LogP contribution in [0.5, 0.6) is 0 Å². The van der Waals surface area contributed by atoms with Crippen LogP contribution in [0.4, 0.5) is 11.4 Å². The van der Waals surface area contributed by atoms with Crippen LogP contribution >= 0.6 is 23.2 Å². The Bertz CT molecular complexity index is 659. The van der Waals surface area contributed by atoms with Gasteiger partial charge in [-0.1, -0.05) is 23.2 Å². The number of benzene rings is 1. The molecule has 0 bridgehead atoms. The molecule has 0 fully saturated rings. The minimum absolute atomic E-state index is 0.170. The van der Waals surface area contributed by atoms with Crippen LogP contribution in [0.3, 0.4) is 0 Å². The van der Waals surface area contributed by atoms with Crippen molar-refractivity contribution in [3.63, 3.8) is 0 Å². The summed E-state index contributed by atoms with van der Waals surface area (Å²) in [6.07, 6.45) is 2.02. The van der Waals surface area contributed by atoms with Gasteiger partial charge in [-0.05, 0) is 26.0 Å². The van der Waals surface area contributed by atoms with E-state index in [1.54, 1.807) is 18.5 Å². The molecule has 0 spiro atoms. The van der Waals surface area contributed by atoms with E-state index in [-0.39, 0.29) is 5.91 Å². The third kappa shape index (κ3) is 3.68. The molecule has 0 aliphatic rings. The number of nitrogens with zero attached hydrogens (tertiary/aromatic N) is 2. The van der Waals surface area contributed by atoms with Crippen LogP contribution in [0.15, 0.2) is 18.5 Å². The second-order valence-corrected chi connectivity index (χ2v) is 5.60. The molecule has 21 heavy (non-hydrogen) atoms. The zero-order chi connectivity index (χ0) is 15.6. The van der Waals surface area contributed by atoms with E-state index in [2.05, 4.69) is 10.3 Å². The highest BCUT2D eigenvalue weighted by Crippen LogP contribution is 2.32. The number of nitrogens with two attached hydrogens (primary N) is 1. The molecule has 3 N–H and O–H groups in total. The lowest BCUT2D eigenvalue weighted by molar-refractivity contribution is -0.116. The highest BCUT2D eigenvalue weighted by atomic mass is 35.5. The van der Waals surface area contributed by atoms with Gasteiger partial charge in [0.05, 0.1) is 28.4 Å². The molecule has 5 nitrogen and oxygen atoms in total. The number of anilines is 2. The van der Waals surface area contributed by atoms with Gasteiger partial charge in [0, 0.05) is 23.7 Å². The molecule has 112 valence electrons. The van der Waals surface area contributed by atoms with Gasteiger partial charge in [0.25, 0.3) is 0 Å². The number of amides is 1. The summed E-state index contributed by atoms with van der Waals surface area (Å²) in [5.74, 6) is -0.170. The molecule has 1 aromatic heterocycles. The first-order chi connectivity index (χ1) is 9.88. The number of nitrogen functional groups attached to an aromatic ring is 1. The van der Waals surface area contributed by atoms with Crippen molar-refractivity contribution in [1.82, 2.24) is 9.55 Å². The Balaban J connectivity index is 2.01. The SMILES string of the molecule is Cc1ncn(CCC(=O)Nc2c(N)cc(Cl)cc2Cl)c1C. The van der Waals surface area contributed by atoms with Gasteiger partial charge in [-0.25, -0.2) is 4.98 Å². The lowest BCUT2D eigenvalue weighted by Gasteiger charge is -2.11. The van der Waals surface area contributed by atoms with Crippen LogP contribution in [-0.2, 0) is 11.3 Å². The van der Waals surface area contributed by atoms with Gasteiger partial charge in [-0.2, -0.15) is 0 Å². The molecule has 2 aromatic rings. The standard InChI is InChI=1S/C14H16Cl2N4O/c1-8-9(2)20(7-18-8)4-3-13(21)19-14-11(16)5-10(15)6-12(14)17/h5-7H,3-4,17H2,1-2H3,(H,19,21). The van der Waals surface area contributed by atoms with Crippen molar-refractivity contribution >= 4 is 40.5 Å². The van der Waals surface area contributed by atoms with E-state index in [0.29, 0.717) is 34.4 Å². The van der Waals surface area contributed by atoms with Crippen LogP contribution in [0.1, 0.15) is 17.8 Å². The highest BCUT2D eigenvalue weighted by molar-refractivity contribution is 6.37. The number of hydrogen-bond acceptors (Lipinski definition) is 3. The molecule has 0 unspecified atom stereocenters. The second-order valence-electron chi connectivity index (χ2n) is 4.76. The maximum absolute atomic E-state index is 12.0. The molecule has 0 radical (unpaired) electrons. The lowest BCUT2D eigenvalue weighted by atomic mass is 10.2. The molecular weight excluding hydrogens is 311 g/mol. The summed E-state index contributed by atoms with van der Waals surface area (Å²) in [4.78, 5) is 16.2. The van der Waals surface area contributed by atoms with E-state index < -0.39 is 0 Å². The molecule has 0 aliphatic heterocycles. The first-order valence-electron chi connectivity index (χ1n) is 6.41. The Kier molecular flexibility index (Phi) is 4.75. The molecule has 0 saturated heterocycles. The molecule has 0 saturated carbocycles. The smallest absolute Gasteiger partial charge is 0.226 e. The lowest BCUT2D eigenvalue weighted by Crippen LogP contribution is -2.16. The van der Waals surface area contributed by atoms with Crippen LogP contribution in [0, 0.1) is 13.8 Å². The number of aryl methyl sites for hydroxylation is 2. The topological polar surface area (TPSA) is 72.9 Å². The van der Waals surface area contributed by atoms with Crippen molar-refractivity contribution in [3.05, 3.63) is 39.9 Å². The Morgan fingerprint density at radius 2 is 2.10 bits per heavy atom. The van der Waals surface area contributed by atoms with Gasteiger partial charge < -0.3 is 15.6 Å². The van der Waals surface area contributed by atoms with Crippen molar-refractivity contribution in [3.8, 4) is 0 Å². The Morgan fingerprint density at radius 3 is 2.67 bits per heavy atom. The molecule has 7 heteroatoms. The summed E-state index contributed by atoms with van der Waals surface area (Å²) in [7, 11) is 0. The van der Waals surface area contributed by atoms with Crippen molar-refractivity contribution in [1.29, 1.82) is 0 Å². The van der Waals surface area contributed by atoms with Gasteiger partial charge >= 0.3 is 0 Å². The zero-order valence-electron chi connectivity index (χ0n) is 11.8. The number of rotatable bonds is 4. The van der Waals surface area contributed by atoms with Gasteiger partial charge in [0.1, 0.15) is 0 Å². The van der Waals surface area contributed by atoms with Crippen LogP contribution < -0.4 is 11.1 Å². The van der Waals surface area contributed by atoms with E-state index in [0.717, 1.165) is 11.4 Å². The van der Waals surface area contributed by atoms with E-state index in [9.17, 15) is 4.79 Å². The van der Waals surface area contributed by atoms with Gasteiger partial charge in [0.2, 0.25) is 5.91 Å². The maximum atomic E-state index is 12.0. The Hall–Kier alpha value is -1.72. The monoisotopic (exact) mass is 326 g/mol. The predicted octanol–water partition coefficient (Wildman–Crippen LogP) is 3.42. The summed E-state index contributed by atoms with van der Waals surface area (Å²) in [6, 6.07) is 3.09. The molecule has 1 aromatic carbocycles. The van der Waals surface area contributed by atoms with E-state index in [1.165, 1.54) is 0 Å². The van der Waals surface area contributed by atoms with Gasteiger partial charge in [-0.3, -0.25) is 4.79 Å². The highest BCUT2D eigenvalue weighted by Gasteiger charge is 2.11. The number of nitrogens with one attached hydrogen (secondary N) is 1. The Labute approximate surface area is 133 Å². The van der Waals surface area contributed by atoms with E-state index >= 15 is 0 Å². The quantitative estimate of drug-likeness (QED) is 0.845. The molecule has 0 atom stereocenters. The number of carbonyl (C=O) groups is 1. The average Bonchev–Trinajstić information content (AvgIpc) is 2.72. The summed E-state index contributed by atoms with van der Waals surface area (Å²) < 4.78 is 1.93. The zero-order valence-corrected chi connectivity index (χ0v) is 13.3. The number of hydrogen-bond donors (Lipinski definition) is 2. The molecule has 1 amide bonds. The third-order valence-corrected chi connectivity index (χ3v) is 3.79. The fourth-order valence-corrected chi connectivity index (χ4v) is 2.48. The molecule has 2 rings (SSSR count). The normalized spacial score (nSPS) is 10.7. The van der Waals surface area contributed by atoms with Crippen LogP contribution in [0.25, 0.3) is 0 Å². The summed E-state index contributed by atoms with van der Waals surface area (Å²) >= 11 is 11.9. The van der Waals surface area contributed by atoms with Crippen molar-refractivity contribution in [2.75, 3.05) is 11.1 Å². The fourth-order valence-electron chi connectivity index (χ4n) is 1.92. The minimum Gasteiger partial charge on any atom is -0.397 e. The first kappa shape index (κ1) is 15.7. The number of halogens is 2. The van der Waals surface area contributed by atoms with Crippen LogP contribution in [-0.4, -0.2) is 15.5 Å². The fraction of sp³-hybridized carbons (Fsp3) is 0.286. The number of aromatic nitrogens is 2. The summed E-state index contributed by atoms with van der Waals surface area (Å²) in [6.45, 7) is 4.44. The van der Waals surface area contributed by atoms with Crippen molar-refractivity contribution < 1.29 is 4.79 Å². The van der Waals surface area contributed by atoms with Gasteiger partial charge in [-0.15, -0.1) is 0 Å². The van der Waals surface area contributed by atoms with E-state index in [1.807, 2.05) is 18.4 Å². The maximum Gasteiger partial charge on any atom is 0.226 e. The largest absolute Gasteiger partial charge is 0.397 e. The summed E-state index contributed by atoms with van der Waals surface area (Å²) in [5.41, 5.74) is 8.55. The van der Waals surface area contributed by atoms with Crippen molar-refractivity contribution in [2.45, 2.75) is 26.8 Å². The predicted molar refractivity (Wildman–Crippen MR) is 85.8 cm³/mol. The van der Waals surface area contributed by atoms with Gasteiger partial charge in [0.15, 0.2) is 0 Å². The Morgan fingerprint density at radius 1 is 1.38 bits per heavy atom. The number of imidazole rings is 1. The minimum atomic E-state index is -0.170. The molecule has 0 aliphatic carbocycles. The van der Waals surface area contributed by atoms with Crippen LogP contribution in [0.2, 0.25) is 10.0 Å². The molecular formula is C14H16Cl2N4O. The number of carbonyl (C=O) groups excluding carboxylic acids is 1. The van der Waals surface area contributed by atoms with E-state index in [4.69, 9.17) is 28.9 Å². The first-order valence-corrected chi connectivity index (χ1v) is 7.16. The second kappa shape index (κ2) is 6.37. The summed E-state index contributed by atoms with van der Waals surface area (Å²) in [5, 5.41) is 3.47. The molecule has 1 heterocycles. The average molecular weight is 327 g/mol. The van der Waals surface area contributed by atoms with Crippen molar-refractivity contribution in [2.24, 2.45) is 0 Å². The third-order valence-electron chi connectivity index (χ3n) is 3.27.